The highest BCUT2D eigenvalue weighted by Crippen LogP contribution is 2.53. The van der Waals surface area contributed by atoms with E-state index in [2.05, 4.69) is 17.0 Å². The predicted octanol–water partition coefficient (Wildman–Crippen LogP) is 4.30. The molecule has 1 aromatic heterocycles. The maximum absolute atomic E-state index is 13.8. The zero-order valence-electron chi connectivity index (χ0n) is 17.3. The third-order valence-corrected chi connectivity index (χ3v) is 6.51. The molecule has 5 rings (SSSR count). The Morgan fingerprint density at radius 2 is 1.97 bits per heavy atom. The molecule has 0 fully saturated rings. The minimum absolute atomic E-state index is 0.00155. The first-order valence-electron chi connectivity index (χ1n) is 10.1. The van der Waals surface area contributed by atoms with Crippen molar-refractivity contribution in [2.24, 2.45) is 0 Å². The van der Waals surface area contributed by atoms with E-state index in [9.17, 15) is 9.59 Å². The zero-order chi connectivity index (χ0) is 21.9. The molecule has 0 aliphatic carbocycles. The first-order chi connectivity index (χ1) is 14.9. The van der Waals surface area contributed by atoms with Crippen LogP contribution < -0.4 is 10.2 Å². The quantitative estimate of drug-likeness (QED) is 0.627. The van der Waals surface area contributed by atoms with Crippen LogP contribution in [0.3, 0.4) is 0 Å². The lowest BCUT2D eigenvalue weighted by Crippen LogP contribution is -2.46. The molecule has 1 atom stereocenters. The molecule has 31 heavy (non-hydrogen) atoms. The molecule has 0 unspecified atom stereocenters. The van der Waals surface area contributed by atoms with Gasteiger partial charge in [0.2, 0.25) is 11.8 Å². The lowest BCUT2D eigenvalue weighted by atomic mass is 9.72. The monoisotopic (exact) mass is 432 g/mol. The molecule has 0 saturated heterocycles. The van der Waals surface area contributed by atoms with Crippen LogP contribution >= 0.6 is 11.6 Å². The van der Waals surface area contributed by atoms with Gasteiger partial charge in [-0.3, -0.25) is 9.59 Å². The molecule has 0 saturated carbocycles. The lowest BCUT2D eigenvalue weighted by molar-refractivity contribution is -0.126. The van der Waals surface area contributed by atoms with Crippen LogP contribution in [0.4, 0.5) is 11.5 Å². The molecule has 2 aromatic carbocycles. The van der Waals surface area contributed by atoms with E-state index in [1.807, 2.05) is 38.1 Å². The van der Waals surface area contributed by atoms with Crippen molar-refractivity contribution in [3.63, 3.8) is 0 Å². The van der Waals surface area contributed by atoms with Crippen LogP contribution in [0, 0.1) is 13.8 Å². The molecular weight excluding hydrogens is 412 g/mol. The second-order valence-electron chi connectivity index (χ2n) is 8.08. The van der Waals surface area contributed by atoms with Gasteiger partial charge in [0, 0.05) is 29.2 Å². The second kappa shape index (κ2) is 6.82. The van der Waals surface area contributed by atoms with Crippen LogP contribution in [0.5, 0.6) is 0 Å². The Kier molecular flexibility index (Phi) is 4.31. The minimum atomic E-state index is -1.17. The number of aryl methyl sites for hydroxylation is 2. The van der Waals surface area contributed by atoms with Crippen molar-refractivity contribution in [2.75, 3.05) is 16.8 Å². The van der Waals surface area contributed by atoms with Gasteiger partial charge in [0.15, 0.2) is 0 Å². The van der Waals surface area contributed by atoms with Crippen molar-refractivity contribution < 1.29 is 9.59 Å². The fourth-order valence-corrected chi connectivity index (χ4v) is 4.80. The number of fused-ring (bicyclic) bond motifs is 4. The average molecular weight is 433 g/mol. The molecule has 0 radical (unpaired) electrons. The van der Waals surface area contributed by atoms with Gasteiger partial charge in [0.1, 0.15) is 11.2 Å². The Bertz CT molecular complexity index is 1280. The normalized spacial score (nSPS) is 19.4. The van der Waals surface area contributed by atoms with E-state index in [4.69, 9.17) is 11.6 Å². The molecule has 6 nitrogen and oxygen atoms in total. The van der Waals surface area contributed by atoms with Crippen molar-refractivity contribution in [3.8, 4) is 5.69 Å². The van der Waals surface area contributed by atoms with Crippen molar-refractivity contribution in [1.29, 1.82) is 0 Å². The number of rotatable bonds is 3. The molecule has 2 aliphatic rings. The van der Waals surface area contributed by atoms with Gasteiger partial charge in [-0.2, -0.15) is 5.10 Å². The van der Waals surface area contributed by atoms with Gasteiger partial charge < -0.3 is 10.2 Å². The lowest BCUT2D eigenvalue weighted by Gasteiger charge is -2.32. The summed E-state index contributed by atoms with van der Waals surface area (Å²) in [4.78, 5) is 28.4. The van der Waals surface area contributed by atoms with Gasteiger partial charge >= 0.3 is 0 Å². The van der Waals surface area contributed by atoms with Crippen LogP contribution in [-0.4, -0.2) is 28.1 Å². The van der Waals surface area contributed by atoms with E-state index in [1.54, 1.807) is 34.0 Å². The highest BCUT2D eigenvalue weighted by molar-refractivity contribution is 6.31. The molecule has 0 bridgehead atoms. The first-order valence-corrected chi connectivity index (χ1v) is 10.4. The van der Waals surface area contributed by atoms with E-state index < -0.39 is 5.41 Å². The summed E-state index contributed by atoms with van der Waals surface area (Å²) in [5, 5.41) is 8.03. The fraction of sp³-hybridized carbons (Fsp3) is 0.208. The summed E-state index contributed by atoms with van der Waals surface area (Å²) in [6, 6.07) is 11.4. The summed E-state index contributed by atoms with van der Waals surface area (Å²) < 4.78 is 1.69. The van der Waals surface area contributed by atoms with E-state index in [0.29, 0.717) is 22.9 Å². The van der Waals surface area contributed by atoms with Crippen LogP contribution in [0.15, 0.2) is 55.3 Å². The maximum atomic E-state index is 13.8. The molecule has 2 aliphatic heterocycles. The Morgan fingerprint density at radius 3 is 2.71 bits per heavy atom. The van der Waals surface area contributed by atoms with Crippen molar-refractivity contribution in [1.82, 2.24) is 9.78 Å². The topological polar surface area (TPSA) is 67.2 Å². The number of hydrogen-bond donors (Lipinski definition) is 1. The van der Waals surface area contributed by atoms with Gasteiger partial charge in [-0.05, 0) is 60.9 Å². The third-order valence-electron chi connectivity index (χ3n) is 6.28. The molecule has 1 spiro atoms. The SMILES string of the molecule is C=CCN1C(=O)[C@]2(CC(=O)Nc3c2cnn3-c2ccc(C)c(C)c2)c2cc(Cl)ccc21. The van der Waals surface area contributed by atoms with Crippen LogP contribution in [-0.2, 0) is 15.0 Å². The summed E-state index contributed by atoms with van der Waals surface area (Å²) in [5.74, 6) is 0.109. The molecule has 156 valence electrons. The largest absolute Gasteiger partial charge is 0.310 e. The number of benzene rings is 2. The first kappa shape index (κ1) is 19.6. The van der Waals surface area contributed by atoms with Crippen LogP contribution in [0.25, 0.3) is 5.69 Å². The zero-order valence-corrected chi connectivity index (χ0v) is 18.0. The number of halogens is 1. The van der Waals surface area contributed by atoms with Crippen molar-refractivity contribution >= 4 is 34.9 Å². The van der Waals surface area contributed by atoms with Gasteiger partial charge in [0.25, 0.3) is 0 Å². The van der Waals surface area contributed by atoms with Gasteiger partial charge in [-0.1, -0.05) is 23.7 Å². The Hall–Kier alpha value is -3.38. The maximum Gasteiger partial charge on any atom is 0.243 e. The summed E-state index contributed by atoms with van der Waals surface area (Å²) in [6.45, 7) is 8.20. The van der Waals surface area contributed by atoms with Crippen molar-refractivity contribution in [3.05, 3.63) is 82.5 Å². The minimum Gasteiger partial charge on any atom is -0.310 e. The van der Waals surface area contributed by atoms with Crippen molar-refractivity contribution in [2.45, 2.75) is 25.7 Å². The number of carbonyl (C=O) groups is 2. The molecule has 7 heteroatoms. The van der Waals surface area contributed by atoms with E-state index in [-0.39, 0.29) is 18.2 Å². The number of nitrogens with zero attached hydrogens (tertiary/aromatic N) is 3. The van der Waals surface area contributed by atoms with Gasteiger partial charge in [0.05, 0.1) is 11.9 Å². The Balaban J connectivity index is 1.76. The number of anilines is 2. The fourth-order valence-electron chi connectivity index (χ4n) is 4.63. The summed E-state index contributed by atoms with van der Waals surface area (Å²) in [5.41, 5.74) is 4.08. The smallest absolute Gasteiger partial charge is 0.243 e. The number of carbonyl (C=O) groups excluding carboxylic acids is 2. The van der Waals surface area contributed by atoms with Gasteiger partial charge in [-0.25, -0.2) is 4.68 Å². The molecule has 3 heterocycles. The van der Waals surface area contributed by atoms with Crippen LogP contribution in [0.2, 0.25) is 5.02 Å². The molecular formula is C24H21ClN4O2. The Morgan fingerprint density at radius 1 is 1.16 bits per heavy atom. The highest BCUT2D eigenvalue weighted by Gasteiger charge is 2.57. The predicted molar refractivity (Wildman–Crippen MR) is 121 cm³/mol. The molecule has 1 N–H and O–H groups in total. The summed E-state index contributed by atoms with van der Waals surface area (Å²) in [6.07, 6.45) is 3.36. The summed E-state index contributed by atoms with van der Waals surface area (Å²) in [7, 11) is 0. The van der Waals surface area contributed by atoms with E-state index in [1.165, 1.54) is 5.56 Å². The number of aromatic nitrogens is 2. The number of nitrogens with one attached hydrogen (secondary N) is 1. The summed E-state index contributed by atoms with van der Waals surface area (Å²) >= 11 is 6.32. The molecule has 2 amide bonds. The number of amides is 2. The average Bonchev–Trinajstić information content (AvgIpc) is 3.25. The van der Waals surface area contributed by atoms with Crippen LogP contribution in [0.1, 0.15) is 28.7 Å². The Labute approximate surface area is 185 Å². The standard InChI is InChI=1S/C24H21ClN4O2/c1-4-9-28-20-8-6-16(25)11-18(20)24(23(28)31)12-21(30)27-22-19(24)13-26-29(22)17-7-5-14(2)15(3)10-17/h4-8,10-11,13H,1,9,12H2,2-3H3,(H,27,30)/t24-/m1/s1. The van der Waals surface area contributed by atoms with Gasteiger partial charge in [-0.15, -0.1) is 6.58 Å². The van der Waals surface area contributed by atoms with E-state index >= 15 is 0 Å². The van der Waals surface area contributed by atoms with E-state index in [0.717, 1.165) is 22.5 Å². The second-order valence-corrected chi connectivity index (χ2v) is 8.52. The molecule has 3 aromatic rings. The number of hydrogen-bond acceptors (Lipinski definition) is 3. The highest BCUT2D eigenvalue weighted by atomic mass is 35.5. The third kappa shape index (κ3) is 2.68.